The molecular weight excluding hydrogens is 284 g/mol. The van der Waals surface area contributed by atoms with Gasteiger partial charge in [0.15, 0.2) is 0 Å². The molecule has 0 spiro atoms. The van der Waals surface area contributed by atoms with E-state index in [2.05, 4.69) is 13.8 Å². The predicted molar refractivity (Wildman–Crippen MR) is 92.9 cm³/mol. The highest BCUT2D eigenvalue weighted by Crippen LogP contribution is 2.67. The fourth-order valence-electron chi connectivity index (χ4n) is 8.07. The molecule has 2 nitrogen and oxygen atoms in total. The minimum absolute atomic E-state index is 0.0374. The van der Waals surface area contributed by atoms with E-state index in [9.17, 15) is 10.2 Å². The van der Waals surface area contributed by atoms with E-state index in [1.807, 2.05) is 6.92 Å². The molecule has 4 rings (SSSR count). The van der Waals surface area contributed by atoms with Crippen LogP contribution in [0, 0.1) is 40.4 Å². The molecule has 0 heterocycles. The SMILES string of the molecule is C[C@H](O)[C@H]1CC[C@H]2[C@@H]3CC[C@H]4C[C@@H](O)CC[C@]4(C)[C@@H]3CC[C@]12C. The van der Waals surface area contributed by atoms with E-state index in [0.717, 1.165) is 36.5 Å². The number of hydrogen-bond acceptors (Lipinski definition) is 2. The number of aliphatic hydroxyl groups is 2. The summed E-state index contributed by atoms with van der Waals surface area (Å²) in [6.45, 7) is 7.08. The quantitative estimate of drug-likeness (QED) is 0.752. The molecule has 0 bridgehead atoms. The van der Waals surface area contributed by atoms with E-state index >= 15 is 0 Å². The summed E-state index contributed by atoms with van der Waals surface area (Å²) in [5.74, 6) is 3.87. The lowest BCUT2D eigenvalue weighted by Gasteiger charge is -2.61. The summed E-state index contributed by atoms with van der Waals surface area (Å²) in [5.41, 5.74) is 0.860. The first-order valence-corrected chi connectivity index (χ1v) is 10.2. The van der Waals surface area contributed by atoms with Gasteiger partial charge in [-0.1, -0.05) is 13.8 Å². The van der Waals surface area contributed by atoms with Crippen molar-refractivity contribution >= 4 is 0 Å². The molecule has 0 aromatic heterocycles. The number of rotatable bonds is 1. The van der Waals surface area contributed by atoms with Crippen LogP contribution in [-0.2, 0) is 0 Å². The largest absolute Gasteiger partial charge is 0.393 e. The predicted octanol–water partition coefficient (Wildman–Crippen LogP) is 4.39. The maximum atomic E-state index is 10.3. The average Bonchev–Trinajstić information content (AvgIpc) is 2.85. The van der Waals surface area contributed by atoms with Crippen molar-refractivity contribution in [3.05, 3.63) is 0 Å². The molecule has 0 amide bonds. The van der Waals surface area contributed by atoms with Gasteiger partial charge >= 0.3 is 0 Å². The molecule has 0 saturated heterocycles. The summed E-state index contributed by atoms with van der Waals surface area (Å²) in [7, 11) is 0. The average molecular weight is 321 g/mol. The topological polar surface area (TPSA) is 40.5 Å². The zero-order valence-electron chi connectivity index (χ0n) is 15.3. The fourth-order valence-corrected chi connectivity index (χ4v) is 8.07. The third kappa shape index (κ3) is 2.27. The molecule has 0 aliphatic heterocycles. The Labute approximate surface area is 142 Å². The van der Waals surface area contributed by atoms with Gasteiger partial charge in [0.25, 0.3) is 0 Å². The molecule has 4 saturated carbocycles. The summed E-state index contributed by atoms with van der Waals surface area (Å²) in [6.07, 6.45) is 11.1. The van der Waals surface area contributed by atoms with Gasteiger partial charge in [0, 0.05) is 0 Å². The van der Waals surface area contributed by atoms with Crippen LogP contribution >= 0.6 is 0 Å². The number of aliphatic hydroxyl groups excluding tert-OH is 2. The molecule has 4 aliphatic rings. The van der Waals surface area contributed by atoms with Crippen LogP contribution in [0.4, 0.5) is 0 Å². The second-order valence-electron chi connectivity index (χ2n) is 10.1. The van der Waals surface area contributed by atoms with Crippen molar-refractivity contribution in [3.8, 4) is 0 Å². The van der Waals surface area contributed by atoms with Crippen molar-refractivity contribution in [1.29, 1.82) is 0 Å². The van der Waals surface area contributed by atoms with Gasteiger partial charge < -0.3 is 10.2 Å². The maximum Gasteiger partial charge on any atom is 0.0545 e. The highest BCUT2D eigenvalue weighted by atomic mass is 16.3. The van der Waals surface area contributed by atoms with Crippen molar-refractivity contribution in [2.75, 3.05) is 0 Å². The lowest BCUT2D eigenvalue weighted by molar-refractivity contribution is -0.132. The van der Waals surface area contributed by atoms with Crippen molar-refractivity contribution in [2.45, 2.75) is 90.8 Å². The lowest BCUT2D eigenvalue weighted by Crippen LogP contribution is -2.54. The van der Waals surface area contributed by atoms with Gasteiger partial charge in [-0.3, -0.25) is 0 Å². The molecule has 2 heteroatoms. The van der Waals surface area contributed by atoms with E-state index in [1.165, 1.54) is 44.9 Å². The number of fused-ring (bicyclic) bond motifs is 5. The molecule has 9 atom stereocenters. The van der Waals surface area contributed by atoms with E-state index in [4.69, 9.17) is 0 Å². The Kier molecular flexibility index (Phi) is 3.89. The molecule has 4 aliphatic carbocycles. The van der Waals surface area contributed by atoms with Crippen LogP contribution in [-0.4, -0.2) is 22.4 Å². The van der Waals surface area contributed by atoms with E-state index in [1.54, 1.807) is 0 Å². The molecule has 23 heavy (non-hydrogen) atoms. The van der Waals surface area contributed by atoms with E-state index in [0.29, 0.717) is 16.7 Å². The Morgan fingerprint density at radius 2 is 1.57 bits per heavy atom. The van der Waals surface area contributed by atoms with Gasteiger partial charge in [-0.05, 0) is 105 Å². The Hall–Kier alpha value is -0.0800. The second kappa shape index (κ2) is 5.46. The van der Waals surface area contributed by atoms with Crippen molar-refractivity contribution in [3.63, 3.8) is 0 Å². The molecule has 2 N–H and O–H groups in total. The summed E-state index contributed by atoms with van der Waals surface area (Å²) >= 11 is 0. The zero-order valence-corrected chi connectivity index (χ0v) is 15.3. The molecule has 0 radical (unpaired) electrons. The summed E-state index contributed by atoms with van der Waals surface area (Å²) in [5, 5.41) is 20.4. The van der Waals surface area contributed by atoms with Gasteiger partial charge in [-0.25, -0.2) is 0 Å². The first-order chi connectivity index (χ1) is 10.9. The van der Waals surface area contributed by atoms with Gasteiger partial charge in [-0.15, -0.1) is 0 Å². The van der Waals surface area contributed by atoms with E-state index in [-0.39, 0.29) is 12.2 Å². The molecule has 4 fully saturated rings. The Bertz CT molecular complexity index is 461. The van der Waals surface area contributed by atoms with Gasteiger partial charge in [-0.2, -0.15) is 0 Å². The Morgan fingerprint density at radius 1 is 0.870 bits per heavy atom. The van der Waals surface area contributed by atoms with Gasteiger partial charge in [0.05, 0.1) is 12.2 Å². The molecule has 132 valence electrons. The van der Waals surface area contributed by atoms with Crippen LogP contribution in [0.2, 0.25) is 0 Å². The van der Waals surface area contributed by atoms with Crippen LogP contribution in [0.5, 0.6) is 0 Å². The smallest absolute Gasteiger partial charge is 0.0545 e. The van der Waals surface area contributed by atoms with Crippen LogP contribution in [0.3, 0.4) is 0 Å². The molecule has 0 aromatic rings. The first kappa shape index (κ1) is 16.4. The lowest BCUT2D eigenvalue weighted by atomic mass is 9.44. The van der Waals surface area contributed by atoms with Crippen molar-refractivity contribution in [2.24, 2.45) is 40.4 Å². The van der Waals surface area contributed by atoms with Crippen molar-refractivity contribution in [1.82, 2.24) is 0 Å². The monoisotopic (exact) mass is 320 g/mol. The highest BCUT2D eigenvalue weighted by molar-refractivity contribution is 5.09. The van der Waals surface area contributed by atoms with Gasteiger partial charge in [0.1, 0.15) is 0 Å². The fraction of sp³-hybridized carbons (Fsp3) is 1.00. The molecule has 0 unspecified atom stereocenters. The minimum atomic E-state index is -0.140. The normalized spacial score (nSPS) is 57.3. The third-order valence-electron chi connectivity index (χ3n) is 9.29. The highest BCUT2D eigenvalue weighted by Gasteiger charge is 2.60. The van der Waals surface area contributed by atoms with Gasteiger partial charge in [0.2, 0.25) is 0 Å². The van der Waals surface area contributed by atoms with E-state index < -0.39 is 0 Å². The maximum absolute atomic E-state index is 10.3. The van der Waals surface area contributed by atoms with Crippen molar-refractivity contribution < 1.29 is 10.2 Å². The standard InChI is InChI=1S/C21H36O2/c1-13(22)17-6-7-18-16-5-4-14-12-15(23)8-10-20(14,2)19(16)9-11-21(17,18)3/h13-19,22-23H,4-12H2,1-3H3/t13-,14-,15-,16-,17+,18-,19+,20-,21+/m0/s1. The van der Waals surface area contributed by atoms with Crippen LogP contribution in [0.15, 0.2) is 0 Å². The Morgan fingerprint density at radius 3 is 2.30 bits per heavy atom. The number of hydrogen-bond donors (Lipinski definition) is 2. The minimum Gasteiger partial charge on any atom is -0.393 e. The first-order valence-electron chi connectivity index (χ1n) is 10.2. The molecule has 0 aromatic carbocycles. The summed E-state index contributed by atoms with van der Waals surface area (Å²) in [6, 6.07) is 0. The molecular formula is C21H36O2. The summed E-state index contributed by atoms with van der Waals surface area (Å²) in [4.78, 5) is 0. The summed E-state index contributed by atoms with van der Waals surface area (Å²) < 4.78 is 0. The zero-order chi connectivity index (χ0) is 16.4. The van der Waals surface area contributed by atoms with Crippen LogP contribution < -0.4 is 0 Å². The third-order valence-corrected chi connectivity index (χ3v) is 9.29. The second-order valence-corrected chi connectivity index (χ2v) is 10.1. The van der Waals surface area contributed by atoms with Crippen LogP contribution in [0.1, 0.15) is 78.6 Å². The Balaban J connectivity index is 1.60. The van der Waals surface area contributed by atoms with Crippen LogP contribution in [0.25, 0.3) is 0 Å².